The van der Waals surface area contributed by atoms with E-state index in [2.05, 4.69) is 98.1 Å². The van der Waals surface area contributed by atoms with Crippen molar-refractivity contribution in [2.75, 3.05) is 0 Å². The van der Waals surface area contributed by atoms with Crippen molar-refractivity contribution in [2.45, 2.75) is 25.9 Å². The zero-order chi connectivity index (χ0) is 17.8. The standard InChI is InChI=1S/C12H14Si.2C6H5.Zr/c1-13(2,11-7-3-4-8-11)12-9-5-6-10-12;2*1-2-4-6-5-3-1;/h3,5,7,9H,4,6H2,1-2H3;2*1-5H;. The average Bonchev–Trinajstić information content (AvgIpc) is 3.35. The van der Waals surface area contributed by atoms with Crippen molar-refractivity contribution < 1.29 is 20.3 Å². The first-order valence-corrected chi connectivity index (χ1v) is 17.5. The van der Waals surface area contributed by atoms with Gasteiger partial charge in [0.1, 0.15) is 0 Å². The number of rotatable bonds is 2. The molecular formula is C24H24SiZr. The van der Waals surface area contributed by atoms with Gasteiger partial charge >= 0.3 is 163 Å². The molecule has 1 aliphatic heterocycles. The van der Waals surface area contributed by atoms with E-state index in [1.807, 2.05) is 6.56 Å². The summed E-state index contributed by atoms with van der Waals surface area (Å²) in [6.07, 6.45) is 12.2. The monoisotopic (exact) mass is 430 g/mol. The van der Waals surface area contributed by atoms with Crippen LogP contribution in [0.4, 0.5) is 0 Å². The van der Waals surface area contributed by atoms with Crippen molar-refractivity contribution in [2.24, 2.45) is 0 Å². The fourth-order valence-electron chi connectivity index (χ4n) is 5.46. The molecule has 0 amide bonds. The van der Waals surface area contributed by atoms with E-state index in [-0.39, 0.29) is 0 Å². The molecule has 0 bridgehead atoms. The first kappa shape index (κ1) is 16.7. The van der Waals surface area contributed by atoms with Crippen LogP contribution in [0.3, 0.4) is 0 Å². The van der Waals surface area contributed by atoms with E-state index in [9.17, 15) is 0 Å². The maximum atomic E-state index is 2.56. The summed E-state index contributed by atoms with van der Waals surface area (Å²) < 4.78 is 6.95. The van der Waals surface area contributed by atoms with Crippen LogP contribution in [0.25, 0.3) is 0 Å². The van der Waals surface area contributed by atoms with Gasteiger partial charge in [0, 0.05) is 0 Å². The second-order valence-electron chi connectivity index (χ2n) is 8.10. The topological polar surface area (TPSA) is 0 Å². The first-order chi connectivity index (χ1) is 12.7. The molecule has 0 saturated carbocycles. The molecule has 3 aliphatic rings. The fourth-order valence-corrected chi connectivity index (χ4v) is 28.4. The Hall–Kier alpha value is -1.50. The molecule has 2 aromatic carbocycles. The van der Waals surface area contributed by atoms with Gasteiger partial charge in [-0.15, -0.1) is 0 Å². The summed E-state index contributed by atoms with van der Waals surface area (Å²) in [4.78, 5) is 0. The van der Waals surface area contributed by atoms with Gasteiger partial charge in [-0.25, -0.2) is 0 Å². The fraction of sp³-hybridized carbons (Fsp3) is 0.167. The van der Waals surface area contributed by atoms with Gasteiger partial charge in [-0.1, -0.05) is 0 Å². The second kappa shape index (κ2) is 6.01. The normalized spacial score (nSPS) is 21.9. The van der Waals surface area contributed by atoms with Gasteiger partial charge in [0.2, 0.25) is 0 Å². The van der Waals surface area contributed by atoms with Crippen molar-refractivity contribution in [1.29, 1.82) is 0 Å². The van der Waals surface area contributed by atoms with Crippen LogP contribution in [0.1, 0.15) is 12.8 Å². The summed E-state index contributed by atoms with van der Waals surface area (Å²) in [5.74, 6) is 0. The molecule has 0 aromatic heterocycles. The Morgan fingerprint density at radius 3 is 1.50 bits per heavy atom. The second-order valence-corrected chi connectivity index (χ2v) is 21.9. The molecule has 0 spiro atoms. The Kier molecular flexibility index (Phi) is 3.85. The van der Waals surface area contributed by atoms with Crippen LogP contribution >= 0.6 is 0 Å². The Balaban J connectivity index is 1.92. The molecule has 0 N–H and O–H groups in total. The molecule has 0 nitrogen and oxygen atoms in total. The molecule has 0 radical (unpaired) electrons. The SMILES string of the molecule is C[Si]1(C)C2=[C](CC=C2)[Zr]([c]2ccccc2)([c]2ccccc2)[C]2=C1C=CC2. The van der Waals surface area contributed by atoms with E-state index in [4.69, 9.17) is 0 Å². The zero-order valence-electron chi connectivity index (χ0n) is 15.5. The van der Waals surface area contributed by atoms with Gasteiger partial charge < -0.3 is 0 Å². The number of hydrogen-bond acceptors (Lipinski definition) is 0. The van der Waals surface area contributed by atoms with Crippen LogP contribution in [0.5, 0.6) is 0 Å². The van der Waals surface area contributed by atoms with Gasteiger partial charge in [-0.2, -0.15) is 0 Å². The summed E-state index contributed by atoms with van der Waals surface area (Å²) in [5, 5.41) is 3.48. The molecule has 0 unspecified atom stereocenters. The molecule has 128 valence electrons. The van der Waals surface area contributed by atoms with Gasteiger partial charge in [0.25, 0.3) is 0 Å². The quantitative estimate of drug-likeness (QED) is 0.586. The van der Waals surface area contributed by atoms with Crippen LogP contribution in [0.2, 0.25) is 13.1 Å². The van der Waals surface area contributed by atoms with E-state index >= 15 is 0 Å². The molecule has 2 aromatic rings. The van der Waals surface area contributed by atoms with Crippen LogP contribution < -0.4 is 6.54 Å². The van der Waals surface area contributed by atoms with E-state index < -0.39 is 28.3 Å². The third-order valence-electron chi connectivity index (χ3n) is 6.53. The van der Waals surface area contributed by atoms with Crippen LogP contribution in [-0.2, 0) is 20.3 Å². The van der Waals surface area contributed by atoms with Crippen molar-refractivity contribution in [1.82, 2.24) is 0 Å². The molecule has 0 atom stereocenters. The number of allylic oxidation sites excluding steroid dienone is 8. The summed E-state index contributed by atoms with van der Waals surface area (Å²) >= 11 is -3.14. The van der Waals surface area contributed by atoms with E-state index in [1.54, 1.807) is 16.9 Å². The zero-order valence-corrected chi connectivity index (χ0v) is 19.0. The molecular weight excluding hydrogens is 408 g/mol. The molecule has 1 heterocycles. The minimum atomic E-state index is -3.14. The van der Waals surface area contributed by atoms with Crippen LogP contribution in [0, 0.1) is 0 Å². The Morgan fingerprint density at radius 2 is 1.08 bits per heavy atom. The van der Waals surface area contributed by atoms with E-state index in [0.29, 0.717) is 0 Å². The van der Waals surface area contributed by atoms with Gasteiger partial charge in [0.05, 0.1) is 0 Å². The van der Waals surface area contributed by atoms with Crippen molar-refractivity contribution in [3.63, 3.8) is 0 Å². The summed E-state index contributed by atoms with van der Waals surface area (Å²) in [5.41, 5.74) is 0. The molecule has 0 fully saturated rings. The predicted molar refractivity (Wildman–Crippen MR) is 111 cm³/mol. The van der Waals surface area contributed by atoms with Crippen LogP contribution in [0.15, 0.2) is 102 Å². The summed E-state index contributed by atoms with van der Waals surface area (Å²) in [6, 6.07) is 23.0. The van der Waals surface area contributed by atoms with Gasteiger partial charge in [-0.3, -0.25) is 0 Å². The van der Waals surface area contributed by atoms with E-state index in [1.165, 1.54) is 12.8 Å². The Labute approximate surface area is 162 Å². The van der Waals surface area contributed by atoms with Crippen molar-refractivity contribution in [3.8, 4) is 0 Å². The number of benzene rings is 2. The molecule has 2 aliphatic carbocycles. The minimum absolute atomic E-state index is 1.17. The van der Waals surface area contributed by atoms with Gasteiger partial charge in [0.15, 0.2) is 0 Å². The molecule has 2 heteroatoms. The van der Waals surface area contributed by atoms with Crippen LogP contribution in [-0.4, -0.2) is 8.07 Å². The van der Waals surface area contributed by atoms with E-state index in [0.717, 1.165) is 0 Å². The maximum absolute atomic E-state index is 3.14. The predicted octanol–water partition coefficient (Wildman–Crippen LogP) is 5.02. The Bertz CT molecular complexity index is 910. The first-order valence-electron chi connectivity index (χ1n) is 9.59. The van der Waals surface area contributed by atoms with Crippen molar-refractivity contribution >= 4 is 14.6 Å². The third-order valence-corrected chi connectivity index (χ3v) is 24.1. The third kappa shape index (κ3) is 2.09. The summed E-state index contributed by atoms with van der Waals surface area (Å²) in [7, 11) is -1.57. The summed E-state index contributed by atoms with van der Waals surface area (Å²) in [6.45, 7) is 5.13. The average molecular weight is 432 g/mol. The number of hydrogen-bond donors (Lipinski definition) is 0. The van der Waals surface area contributed by atoms with Gasteiger partial charge in [-0.05, 0) is 0 Å². The molecule has 26 heavy (non-hydrogen) atoms. The molecule has 0 saturated heterocycles. The van der Waals surface area contributed by atoms with Crippen molar-refractivity contribution in [3.05, 3.63) is 102 Å². The molecule has 5 rings (SSSR count). The Morgan fingerprint density at radius 1 is 0.654 bits per heavy atom.